The Hall–Kier alpha value is -4.24. The summed E-state index contributed by atoms with van der Waals surface area (Å²) in [4.78, 5) is 12.1. The van der Waals surface area contributed by atoms with Crippen molar-refractivity contribution in [3.63, 3.8) is 0 Å². The Labute approximate surface area is 203 Å². The standard InChI is InChI=1S/C32H21N3/c1-2-7-24-18(5-1)11-20-13-21-14-22-15-23-12-19-6-3-10-34-32(19)35-29-8-4-9-33-28(29)17-27(31(23)35)30(22)26(21)16-25(20)24/h1-10,13,15-16H,11-12,14,17H2. The smallest absolute Gasteiger partial charge is 0.141 e. The molecule has 0 N–H and O–H groups in total. The molecule has 3 heteroatoms. The summed E-state index contributed by atoms with van der Waals surface area (Å²) < 4.78 is 0. The topological polar surface area (TPSA) is 29.0 Å². The molecule has 9 rings (SSSR count). The lowest BCUT2D eigenvalue weighted by Crippen LogP contribution is -2.26. The Morgan fingerprint density at radius 2 is 1.34 bits per heavy atom. The van der Waals surface area contributed by atoms with Crippen LogP contribution in [0.25, 0.3) is 22.3 Å². The molecule has 3 aromatic carbocycles. The molecule has 0 fully saturated rings. The highest BCUT2D eigenvalue weighted by Gasteiger charge is 2.37. The molecule has 0 spiro atoms. The second kappa shape index (κ2) is 6.25. The maximum absolute atomic E-state index is 4.85. The molecule has 4 heterocycles. The maximum Gasteiger partial charge on any atom is 0.141 e. The number of pyridine rings is 2. The third-order valence-corrected chi connectivity index (χ3v) is 8.36. The monoisotopic (exact) mass is 447 g/mol. The van der Waals surface area contributed by atoms with E-state index >= 15 is 0 Å². The first kappa shape index (κ1) is 18.1. The van der Waals surface area contributed by atoms with Gasteiger partial charge >= 0.3 is 0 Å². The van der Waals surface area contributed by atoms with Crippen LogP contribution in [0, 0.1) is 0 Å². The van der Waals surface area contributed by atoms with Crippen LogP contribution in [0.3, 0.4) is 0 Å². The molecular formula is C32H21N3. The normalized spacial score (nSPS) is 14.9. The second-order valence-electron chi connectivity index (χ2n) is 10.2. The Morgan fingerprint density at radius 3 is 2.34 bits per heavy atom. The zero-order valence-electron chi connectivity index (χ0n) is 19.2. The molecule has 0 atom stereocenters. The van der Waals surface area contributed by atoms with Crippen LogP contribution in [0.2, 0.25) is 0 Å². The van der Waals surface area contributed by atoms with Gasteiger partial charge in [-0.25, -0.2) is 4.98 Å². The van der Waals surface area contributed by atoms with E-state index in [4.69, 9.17) is 9.97 Å². The molecule has 0 bridgehead atoms. The minimum absolute atomic E-state index is 0.869. The van der Waals surface area contributed by atoms with Crippen molar-refractivity contribution in [1.29, 1.82) is 0 Å². The van der Waals surface area contributed by atoms with Crippen LogP contribution in [0.5, 0.6) is 0 Å². The van der Waals surface area contributed by atoms with Crippen molar-refractivity contribution in [2.45, 2.75) is 25.7 Å². The van der Waals surface area contributed by atoms with Crippen molar-refractivity contribution >= 4 is 17.2 Å². The highest BCUT2D eigenvalue weighted by Crippen LogP contribution is 2.55. The number of benzene rings is 3. The lowest BCUT2D eigenvalue weighted by Gasteiger charge is -2.39. The van der Waals surface area contributed by atoms with Gasteiger partial charge in [-0.2, -0.15) is 0 Å². The first-order chi connectivity index (χ1) is 17.3. The SMILES string of the molecule is c1ccc2c(c1)Cc1cc3c(cc1-2)-c1c(cc2c4c1Cc1ncccc1N4c1ncccc1C2)C3. The molecule has 3 nitrogen and oxygen atoms in total. The van der Waals surface area contributed by atoms with E-state index in [0.29, 0.717) is 0 Å². The van der Waals surface area contributed by atoms with Gasteiger partial charge in [0.2, 0.25) is 0 Å². The van der Waals surface area contributed by atoms with Crippen molar-refractivity contribution in [2.75, 3.05) is 4.90 Å². The van der Waals surface area contributed by atoms with E-state index in [2.05, 4.69) is 65.6 Å². The van der Waals surface area contributed by atoms with Gasteiger partial charge in [-0.05, 0) is 98.3 Å². The molecule has 2 aliphatic carbocycles. The largest absolute Gasteiger partial charge is 0.292 e. The second-order valence-corrected chi connectivity index (χ2v) is 10.2. The first-order valence-corrected chi connectivity index (χ1v) is 12.4. The maximum atomic E-state index is 4.85. The van der Waals surface area contributed by atoms with Crippen LogP contribution in [0.1, 0.15) is 44.6 Å². The van der Waals surface area contributed by atoms with Gasteiger partial charge in [0.1, 0.15) is 5.82 Å². The van der Waals surface area contributed by atoms with Crippen LogP contribution in [-0.2, 0) is 25.7 Å². The fourth-order valence-corrected chi connectivity index (χ4v) is 6.99. The number of fused-ring (bicyclic) bond motifs is 11. The summed E-state index contributed by atoms with van der Waals surface area (Å²) in [5.41, 5.74) is 19.3. The van der Waals surface area contributed by atoms with E-state index in [0.717, 1.165) is 37.2 Å². The van der Waals surface area contributed by atoms with Crippen molar-refractivity contribution in [3.05, 3.63) is 124 Å². The van der Waals surface area contributed by atoms with Gasteiger partial charge in [-0.15, -0.1) is 0 Å². The average molecular weight is 448 g/mol. The van der Waals surface area contributed by atoms with Crippen molar-refractivity contribution < 1.29 is 0 Å². The van der Waals surface area contributed by atoms with Gasteiger partial charge in [-0.1, -0.05) is 42.5 Å². The Balaban J connectivity index is 1.33. The molecule has 164 valence electrons. The highest BCUT2D eigenvalue weighted by atomic mass is 15.2. The molecule has 0 saturated heterocycles. The van der Waals surface area contributed by atoms with E-state index in [-0.39, 0.29) is 0 Å². The van der Waals surface area contributed by atoms with Crippen LogP contribution in [-0.4, -0.2) is 9.97 Å². The van der Waals surface area contributed by atoms with Crippen LogP contribution in [0.15, 0.2) is 79.1 Å². The summed E-state index contributed by atoms with van der Waals surface area (Å²) in [7, 11) is 0. The minimum atomic E-state index is 0.869. The number of aromatic nitrogens is 2. The molecule has 35 heavy (non-hydrogen) atoms. The highest BCUT2D eigenvalue weighted by molar-refractivity contribution is 5.96. The van der Waals surface area contributed by atoms with E-state index < -0.39 is 0 Å². The van der Waals surface area contributed by atoms with Crippen LogP contribution >= 0.6 is 0 Å². The summed E-state index contributed by atoms with van der Waals surface area (Å²) in [6.07, 6.45) is 7.71. The van der Waals surface area contributed by atoms with Gasteiger partial charge in [-0.3, -0.25) is 9.88 Å². The summed E-state index contributed by atoms with van der Waals surface area (Å²) in [5.74, 6) is 1.05. The number of nitrogens with zero attached hydrogens (tertiary/aromatic N) is 3. The number of rotatable bonds is 0. The van der Waals surface area contributed by atoms with Gasteiger partial charge in [0.15, 0.2) is 0 Å². The zero-order chi connectivity index (χ0) is 22.7. The lowest BCUT2D eigenvalue weighted by atomic mass is 9.84. The van der Waals surface area contributed by atoms with Crippen molar-refractivity contribution in [2.24, 2.45) is 0 Å². The number of hydrogen-bond acceptors (Lipinski definition) is 3. The van der Waals surface area contributed by atoms with Crippen LogP contribution < -0.4 is 4.90 Å². The van der Waals surface area contributed by atoms with Crippen molar-refractivity contribution in [1.82, 2.24) is 9.97 Å². The fraction of sp³-hybridized carbons (Fsp3) is 0.125. The molecule has 0 unspecified atom stereocenters. The predicted octanol–water partition coefficient (Wildman–Crippen LogP) is 6.90. The quantitative estimate of drug-likeness (QED) is 0.253. The minimum Gasteiger partial charge on any atom is -0.292 e. The van der Waals surface area contributed by atoms with Crippen molar-refractivity contribution in [3.8, 4) is 22.3 Å². The van der Waals surface area contributed by atoms with Crippen LogP contribution in [0.4, 0.5) is 17.2 Å². The number of hydrogen-bond donors (Lipinski definition) is 0. The molecule has 2 aromatic heterocycles. The molecular weight excluding hydrogens is 426 g/mol. The van der Waals surface area contributed by atoms with Gasteiger partial charge in [0.25, 0.3) is 0 Å². The summed E-state index contributed by atoms with van der Waals surface area (Å²) in [5, 5.41) is 0. The van der Waals surface area contributed by atoms with Gasteiger partial charge in [0.05, 0.1) is 17.1 Å². The lowest BCUT2D eigenvalue weighted by molar-refractivity contribution is 0.949. The molecule has 2 aliphatic heterocycles. The predicted molar refractivity (Wildman–Crippen MR) is 139 cm³/mol. The van der Waals surface area contributed by atoms with Gasteiger partial charge < -0.3 is 0 Å². The summed E-state index contributed by atoms with van der Waals surface area (Å²) in [6.45, 7) is 0. The van der Waals surface area contributed by atoms with Gasteiger partial charge in [0, 0.05) is 25.2 Å². The zero-order valence-corrected chi connectivity index (χ0v) is 19.2. The Morgan fingerprint density at radius 1 is 0.571 bits per heavy atom. The Bertz CT molecular complexity index is 1750. The van der Waals surface area contributed by atoms with E-state index in [1.807, 2.05) is 18.5 Å². The Kier molecular flexibility index (Phi) is 3.24. The molecule has 0 radical (unpaired) electrons. The number of anilines is 3. The molecule has 0 saturated carbocycles. The molecule has 4 aliphatic rings. The van der Waals surface area contributed by atoms with E-state index in [1.54, 1.807) is 0 Å². The molecule has 0 amide bonds. The third-order valence-electron chi connectivity index (χ3n) is 8.36. The first-order valence-electron chi connectivity index (χ1n) is 12.4. The average Bonchev–Trinajstić information content (AvgIpc) is 3.44. The summed E-state index contributed by atoms with van der Waals surface area (Å²) >= 11 is 0. The van der Waals surface area contributed by atoms with E-state index in [9.17, 15) is 0 Å². The fourth-order valence-electron chi connectivity index (χ4n) is 6.99. The van der Waals surface area contributed by atoms with E-state index in [1.165, 1.54) is 72.6 Å². The third kappa shape index (κ3) is 2.26. The summed E-state index contributed by atoms with van der Waals surface area (Å²) in [6, 6.07) is 24.9. The molecule has 5 aromatic rings.